The molecule has 104 valence electrons. The number of amides is 1. The summed E-state index contributed by atoms with van der Waals surface area (Å²) in [6.45, 7) is 3.52. The van der Waals surface area contributed by atoms with E-state index in [0.717, 1.165) is 26.1 Å². The molecule has 1 fully saturated rings. The van der Waals surface area contributed by atoms with Gasteiger partial charge in [0, 0.05) is 24.8 Å². The van der Waals surface area contributed by atoms with Crippen LogP contribution in [-0.4, -0.2) is 25.2 Å². The van der Waals surface area contributed by atoms with Crippen molar-refractivity contribution in [3.63, 3.8) is 0 Å². The Bertz CT molecular complexity index is 461. The molecule has 1 N–H and O–H groups in total. The number of hydrogen-bond acceptors (Lipinski definition) is 2. The first-order valence-electron chi connectivity index (χ1n) is 6.41. The van der Waals surface area contributed by atoms with Crippen molar-refractivity contribution >= 4 is 21.8 Å². The van der Waals surface area contributed by atoms with Crippen molar-refractivity contribution < 1.29 is 13.9 Å². The summed E-state index contributed by atoms with van der Waals surface area (Å²) in [5.41, 5.74) is 0.465. The van der Waals surface area contributed by atoms with Crippen LogP contribution in [0.3, 0.4) is 0 Å². The van der Waals surface area contributed by atoms with Gasteiger partial charge in [0.25, 0.3) is 5.91 Å². The smallest absolute Gasteiger partial charge is 0.251 e. The van der Waals surface area contributed by atoms with Gasteiger partial charge < -0.3 is 10.1 Å². The molecule has 1 aliphatic rings. The number of halogens is 2. The summed E-state index contributed by atoms with van der Waals surface area (Å²) >= 11 is 3.09. The van der Waals surface area contributed by atoms with E-state index in [1.807, 2.05) is 6.92 Å². The lowest BCUT2D eigenvalue weighted by Gasteiger charge is -2.28. The van der Waals surface area contributed by atoms with Crippen LogP contribution in [-0.2, 0) is 4.74 Å². The molecule has 1 atom stereocenters. The highest BCUT2D eigenvalue weighted by Gasteiger charge is 2.22. The summed E-state index contributed by atoms with van der Waals surface area (Å²) < 4.78 is 18.7. The standard InChI is InChI=1S/C14H17BrFNO2/c1-9(10-4-6-19-7-5-10)17-14(18)11-2-3-13(16)12(15)8-11/h2-3,8-10H,4-7H2,1H3,(H,17,18). The van der Waals surface area contributed by atoms with Gasteiger partial charge in [0.15, 0.2) is 0 Å². The van der Waals surface area contributed by atoms with Crippen molar-refractivity contribution in [2.24, 2.45) is 5.92 Å². The number of ether oxygens (including phenoxy) is 1. The zero-order valence-electron chi connectivity index (χ0n) is 10.8. The first-order valence-corrected chi connectivity index (χ1v) is 7.21. The van der Waals surface area contributed by atoms with E-state index in [2.05, 4.69) is 21.2 Å². The first kappa shape index (κ1) is 14.5. The number of nitrogens with one attached hydrogen (secondary N) is 1. The quantitative estimate of drug-likeness (QED) is 0.925. The average molecular weight is 330 g/mol. The van der Waals surface area contributed by atoms with Crippen LogP contribution >= 0.6 is 15.9 Å². The first-order chi connectivity index (χ1) is 9.08. The number of benzene rings is 1. The Labute approximate surface area is 120 Å². The maximum absolute atomic E-state index is 13.1. The summed E-state index contributed by atoms with van der Waals surface area (Å²) in [4.78, 5) is 12.1. The molecule has 0 radical (unpaired) electrons. The molecule has 0 aliphatic carbocycles. The largest absolute Gasteiger partial charge is 0.381 e. The number of carbonyl (C=O) groups is 1. The minimum Gasteiger partial charge on any atom is -0.381 e. The Kier molecular flexibility index (Phi) is 4.93. The molecule has 5 heteroatoms. The van der Waals surface area contributed by atoms with Gasteiger partial charge in [0.2, 0.25) is 0 Å². The van der Waals surface area contributed by atoms with E-state index in [-0.39, 0.29) is 17.8 Å². The van der Waals surface area contributed by atoms with Gasteiger partial charge in [-0.15, -0.1) is 0 Å². The molecular weight excluding hydrogens is 313 g/mol. The normalized spacial score (nSPS) is 18.1. The third kappa shape index (κ3) is 3.76. The molecule has 1 heterocycles. The summed E-state index contributed by atoms with van der Waals surface area (Å²) in [5.74, 6) is -0.0877. The van der Waals surface area contributed by atoms with E-state index in [4.69, 9.17) is 4.74 Å². The monoisotopic (exact) mass is 329 g/mol. The number of carbonyl (C=O) groups excluding carboxylic acids is 1. The summed E-state index contributed by atoms with van der Waals surface area (Å²) in [6, 6.07) is 4.38. The van der Waals surface area contributed by atoms with Gasteiger partial charge >= 0.3 is 0 Å². The maximum atomic E-state index is 13.1. The van der Waals surface area contributed by atoms with Crippen molar-refractivity contribution in [2.45, 2.75) is 25.8 Å². The van der Waals surface area contributed by atoms with E-state index < -0.39 is 0 Å². The highest BCUT2D eigenvalue weighted by atomic mass is 79.9. The van der Waals surface area contributed by atoms with E-state index in [9.17, 15) is 9.18 Å². The second kappa shape index (κ2) is 6.48. The zero-order valence-corrected chi connectivity index (χ0v) is 12.4. The fraction of sp³-hybridized carbons (Fsp3) is 0.500. The molecule has 1 amide bonds. The average Bonchev–Trinajstić information content (AvgIpc) is 2.42. The molecule has 2 rings (SSSR count). The topological polar surface area (TPSA) is 38.3 Å². The van der Waals surface area contributed by atoms with Crippen molar-refractivity contribution in [2.75, 3.05) is 13.2 Å². The Morgan fingerprint density at radius 3 is 2.79 bits per heavy atom. The number of hydrogen-bond donors (Lipinski definition) is 1. The molecule has 0 aromatic heterocycles. The van der Waals surface area contributed by atoms with Crippen LogP contribution in [0.2, 0.25) is 0 Å². The van der Waals surface area contributed by atoms with Gasteiger partial charge in [-0.2, -0.15) is 0 Å². The Hall–Kier alpha value is -0.940. The van der Waals surface area contributed by atoms with Crippen LogP contribution in [0.15, 0.2) is 22.7 Å². The summed E-state index contributed by atoms with van der Waals surface area (Å²) in [5, 5.41) is 2.97. The molecule has 1 unspecified atom stereocenters. The third-order valence-electron chi connectivity index (χ3n) is 3.51. The van der Waals surface area contributed by atoms with Crippen LogP contribution in [0.25, 0.3) is 0 Å². The number of rotatable bonds is 3. The van der Waals surface area contributed by atoms with Crippen molar-refractivity contribution in [1.29, 1.82) is 0 Å². The van der Waals surface area contributed by atoms with Gasteiger partial charge in [0.1, 0.15) is 5.82 Å². The molecular formula is C14H17BrFNO2. The summed E-state index contributed by atoms with van der Waals surface area (Å²) in [6.07, 6.45) is 1.93. The van der Waals surface area contributed by atoms with Crippen LogP contribution in [0.4, 0.5) is 4.39 Å². The van der Waals surface area contributed by atoms with E-state index in [1.54, 1.807) is 0 Å². The predicted octanol–water partition coefficient (Wildman–Crippen LogP) is 3.13. The van der Waals surface area contributed by atoms with Gasteiger partial charge in [0.05, 0.1) is 4.47 Å². The van der Waals surface area contributed by atoms with Crippen LogP contribution < -0.4 is 5.32 Å². The highest BCUT2D eigenvalue weighted by Crippen LogP contribution is 2.20. The molecule has 1 aromatic carbocycles. The second-order valence-electron chi connectivity index (χ2n) is 4.84. The summed E-state index contributed by atoms with van der Waals surface area (Å²) in [7, 11) is 0. The predicted molar refractivity (Wildman–Crippen MR) is 74.6 cm³/mol. The van der Waals surface area contributed by atoms with E-state index in [0.29, 0.717) is 16.0 Å². The minimum absolute atomic E-state index is 0.0974. The molecule has 0 saturated carbocycles. The van der Waals surface area contributed by atoms with Gasteiger partial charge in [-0.25, -0.2) is 4.39 Å². The van der Waals surface area contributed by atoms with E-state index in [1.165, 1.54) is 18.2 Å². The lowest BCUT2D eigenvalue weighted by molar-refractivity contribution is 0.0538. The fourth-order valence-corrected chi connectivity index (χ4v) is 2.64. The van der Waals surface area contributed by atoms with Crippen LogP contribution in [0.5, 0.6) is 0 Å². The Balaban J connectivity index is 1.97. The van der Waals surface area contributed by atoms with Gasteiger partial charge in [-0.1, -0.05) is 0 Å². The highest BCUT2D eigenvalue weighted by molar-refractivity contribution is 9.10. The maximum Gasteiger partial charge on any atom is 0.251 e. The molecule has 1 saturated heterocycles. The van der Waals surface area contributed by atoms with E-state index >= 15 is 0 Å². The lowest BCUT2D eigenvalue weighted by Crippen LogP contribution is -2.40. The molecule has 0 bridgehead atoms. The molecule has 3 nitrogen and oxygen atoms in total. The van der Waals surface area contributed by atoms with Gasteiger partial charge in [-0.3, -0.25) is 4.79 Å². The van der Waals surface area contributed by atoms with Crippen molar-refractivity contribution in [1.82, 2.24) is 5.32 Å². The third-order valence-corrected chi connectivity index (χ3v) is 4.12. The fourth-order valence-electron chi connectivity index (χ4n) is 2.26. The Morgan fingerprint density at radius 1 is 1.47 bits per heavy atom. The van der Waals surface area contributed by atoms with Gasteiger partial charge in [-0.05, 0) is 59.8 Å². The van der Waals surface area contributed by atoms with Crippen LogP contribution in [0, 0.1) is 11.7 Å². The SMILES string of the molecule is CC(NC(=O)c1ccc(F)c(Br)c1)C1CCOCC1. The zero-order chi connectivity index (χ0) is 13.8. The van der Waals surface area contributed by atoms with Crippen molar-refractivity contribution in [3.05, 3.63) is 34.1 Å². The molecule has 1 aromatic rings. The minimum atomic E-state index is -0.367. The molecule has 19 heavy (non-hydrogen) atoms. The molecule has 1 aliphatic heterocycles. The Morgan fingerprint density at radius 2 is 2.16 bits per heavy atom. The molecule has 0 spiro atoms. The van der Waals surface area contributed by atoms with Crippen LogP contribution in [0.1, 0.15) is 30.1 Å². The lowest BCUT2D eigenvalue weighted by atomic mass is 9.93. The second-order valence-corrected chi connectivity index (χ2v) is 5.70. The van der Waals surface area contributed by atoms with Crippen molar-refractivity contribution in [3.8, 4) is 0 Å².